The van der Waals surface area contributed by atoms with Gasteiger partial charge in [0.05, 0.1) is 0 Å². The lowest BCUT2D eigenvalue weighted by molar-refractivity contribution is -0.159. The summed E-state index contributed by atoms with van der Waals surface area (Å²) in [5.74, 6) is -3.65. The number of nitrogens with zero attached hydrogens (tertiary/aromatic N) is 1. The highest BCUT2D eigenvalue weighted by Gasteiger charge is 2.10. The lowest BCUT2D eigenvalue weighted by Crippen LogP contribution is -2.27. The molecule has 0 radical (unpaired) electrons. The third-order valence-electron chi connectivity index (χ3n) is 2.28. The Morgan fingerprint density at radius 1 is 1.21 bits per heavy atom. The molecular weight excluding hydrogens is 272 g/mol. The Kier molecular flexibility index (Phi) is 7.74. The molecule has 0 aliphatic heterocycles. The van der Waals surface area contributed by atoms with E-state index < -0.39 is 11.9 Å². The third kappa shape index (κ3) is 6.76. The summed E-state index contributed by atoms with van der Waals surface area (Å²) >= 11 is 5.79. The number of halogens is 1. The molecule has 0 bridgehead atoms. The first-order valence-corrected chi connectivity index (χ1v) is 5.75. The number of benzene rings is 1. The average molecular weight is 289 g/mol. The van der Waals surface area contributed by atoms with Gasteiger partial charge in [-0.3, -0.25) is 0 Å². The molecule has 0 heterocycles. The molecule has 0 saturated carbocycles. The van der Waals surface area contributed by atoms with Gasteiger partial charge in [0.2, 0.25) is 0 Å². The highest BCUT2D eigenvalue weighted by atomic mass is 35.5. The van der Waals surface area contributed by atoms with Gasteiger partial charge >= 0.3 is 11.9 Å². The van der Waals surface area contributed by atoms with Gasteiger partial charge in [0.1, 0.15) is 0 Å². The monoisotopic (exact) mass is 288 g/mol. The largest absolute Gasteiger partial charge is 0.473 e. The number of carbonyl (C=O) groups is 2. The van der Waals surface area contributed by atoms with Crippen molar-refractivity contribution in [2.45, 2.75) is 6.04 Å². The first kappa shape index (κ1) is 17.4. The summed E-state index contributed by atoms with van der Waals surface area (Å²) < 4.78 is 0. The van der Waals surface area contributed by atoms with Crippen LogP contribution < -0.4 is 5.73 Å². The molecule has 1 rings (SSSR count). The van der Waals surface area contributed by atoms with Crippen molar-refractivity contribution in [2.75, 3.05) is 20.6 Å². The van der Waals surface area contributed by atoms with Crippen molar-refractivity contribution >= 4 is 23.5 Å². The molecule has 4 N–H and O–H groups in total. The lowest BCUT2D eigenvalue weighted by Gasteiger charge is -2.22. The molecule has 0 amide bonds. The summed E-state index contributed by atoms with van der Waals surface area (Å²) in [6.45, 7) is 0.620. The summed E-state index contributed by atoms with van der Waals surface area (Å²) in [6, 6.07) is 8.09. The summed E-state index contributed by atoms with van der Waals surface area (Å²) in [5.41, 5.74) is 6.87. The summed E-state index contributed by atoms with van der Waals surface area (Å²) in [7, 11) is 4.04. The Morgan fingerprint density at radius 3 is 1.89 bits per heavy atom. The van der Waals surface area contributed by atoms with Gasteiger partial charge in [-0.25, -0.2) is 9.59 Å². The molecule has 1 aromatic rings. The van der Waals surface area contributed by atoms with E-state index in [0.29, 0.717) is 6.54 Å². The number of carboxylic acids is 2. The first-order valence-electron chi connectivity index (χ1n) is 5.37. The maximum Gasteiger partial charge on any atom is 0.414 e. The standard InChI is InChI=1S/C10H15ClN2.C2H2O4/c1-13(2)10(7-12)8-3-5-9(11)6-4-8;3-1(4)2(5)6/h3-6,10H,7,12H2,1-2H3;(H,3,4)(H,5,6). The van der Waals surface area contributed by atoms with Crippen molar-refractivity contribution in [3.8, 4) is 0 Å². The van der Waals surface area contributed by atoms with Crippen LogP contribution in [0.15, 0.2) is 24.3 Å². The summed E-state index contributed by atoms with van der Waals surface area (Å²) in [5, 5.41) is 15.5. The number of aliphatic carboxylic acids is 2. The fourth-order valence-electron chi connectivity index (χ4n) is 1.33. The predicted octanol–water partition coefficient (Wildman–Crippen LogP) is 1.06. The van der Waals surface area contributed by atoms with Gasteiger partial charge in [-0.05, 0) is 31.8 Å². The lowest BCUT2D eigenvalue weighted by atomic mass is 10.1. The second kappa shape index (κ2) is 8.47. The smallest absolute Gasteiger partial charge is 0.414 e. The Hall–Kier alpha value is -1.63. The number of nitrogens with two attached hydrogens (primary N) is 1. The number of rotatable bonds is 3. The van der Waals surface area contributed by atoms with E-state index in [1.54, 1.807) is 0 Å². The van der Waals surface area contributed by atoms with Gasteiger partial charge in [-0.2, -0.15) is 0 Å². The molecule has 0 aliphatic rings. The molecule has 0 fully saturated rings. The van der Waals surface area contributed by atoms with E-state index in [2.05, 4.69) is 4.90 Å². The maximum absolute atomic E-state index is 9.10. The SMILES string of the molecule is CN(C)C(CN)c1ccc(Cl)cc1.O=C(O)C(=O)O. The van der Waals surface area contributed by atoms with Crippen LogP contribution in [0.25, 0.3) is 0 Å². The molecule has 106 valence electrons. The highest BCUT2D eigenvalue weighted by Crippen LogP contribution is 2.18. The molecule has 1 aromatic carbocycles. The van der Waals surface area contributed by atoms with Crippen molar-refractivity contribution in [3.05, 3.63) is 34.9 Å². The normalized spacial score (nSPS) is 11.4. The van der Waals surface area contributed by atoms with Crippen molar-refractivity contribution < 1.29 is 19.8 Å². The van der Waals surface area contributed by atoms with E-state index in [4.69, 9.17) is 37.1 Å². The molecule has 0 aliphatic carbocycles. The zero-order chi connectivity index (χ0) is 15.0. The molecule has 0 spiro atoms. The Bertz CT molecular complexity index is 408. The predicted molar refractivity (Wildman–Crippen MR) is 72.2 cm³/mol. The van der Waals surface area contributed by atoms with Crippen molar-refractivity contribution in [1.29, 1.82) is 0 Å². The van der Waals surface area contributed by atoms with Gasteiger partial charge in [0, 0.05) is 17.6 Å². The molecular formula is C12H17ClN2O4. The number of hydrogen-bond donors (Lipinski definition) is 3. The minimum atomic E-state index is -1.82. The Balaban J connectivity index is 0.000000459. The van der Waals surface area contributed by atoms with Crippen molar-refractivity contribution in [1.82, 2.24) is 4.90 Å². The molecule has 0 saturated heterocycles. The van der Waals surface area contributed by atoms with Crippen LogP contribution in [0.3, 0.4) is 0 Å². The molecule has 0 aromatic heterocycles. The average Bonchev–Trinajstić information content (AvgIpc) is 2.32. The minimum absolute atomic E-state index is 0.275. The van der Waals surface area contributed by atoms with Crippen molar-refractivity contribution in [3.63, 3.8) is 0 Å². The van der Waals surface area contributed by atoms with E-state index >= 15 is 0 Å². The number of hydrogen-bond acceptors (Lipinski definition) is 4. The van der Waals surface area contributed by atoms with E-state index in [1.165, 1.54) is 5.56 Å². The quantitative estimate of drug-likeness (QED) is 0.719. The van der Waals surface area contributed by atoms with Crippen LogP contribution in [0.4, 0.5) is 0 Å². The van der Waals surface area contributed by atoms with Crippen LogP contribution in [0.5, 0.6) is 0 Å². The van der Waals surface area contributed by atoms with Gasteiger partial charge in [-0.15, -0.1) is 0 Å². The Labute approximate surface area is 116 Å². The molecule has 6 nitrogen and oxygen atoms in total. The maximum atomic E-state index is 9.10. The fourth-order valence-corrected chi connectivity index (χ4v) is 1.46. The van der Waals surface area contributed by atoms with Crippen molar-refractivity contribution in [2.24, 2.45) is 5.73 Å². The van der Waals surface area contributed by atoms with E-state index in [0.717, 1.165) is 5.02 Å². The van der Waals surface area contributed by atoms with Gasteiger partial charge in [0.25, 0.3) is 0 Å². The molecule has 7 heteroatoms. The second-order valence-electron chi connectivity index (χ2n) is 3.88. The minimum Gasteiger partial charge on any atom is -0.473 e. The third-order valence-corrected chi connectivity index (χ3v) is 2.54. The van der Waals surface area contributed by atoms with E-state index in [1.807, 2.05) is 38.4 Å². The number of carboxylic acid groups (broad SMARTS) is 2. The van der Waals surface area contributed by atoms with Gasteiger partial charge in [-0.1, -0.05) is 23.7 Å². The van der Waals surface area contributed by atoms with Crippen LogP contribution in [0, 0.1) is 0 Å². The highest BCUT2D eigenvalue weighted by molar-refractivity contribution is 6.30. The summed E-state index contributed by atoms with van der Waals surface area (Å²) in [6.07, 6.45) is 0. The first-order chi connectivity index (χ1) is 8.79. The van der Waals surface area contributed by atoms with Crippen LogP contribution in [-0.2, 0) is 9.59 Å². The van der Waals surface area contributed by atoms with E-state index in [9.17, 15) is 0 Å². The zero-order valence-electron chi connectivity index (χ0n) is 10.7. The second-order valence-corrected chi connectivity index (χ2v) is 4.31. The Morgan fingerprint density at radius 2 is 1.63 bits per heavy atom. The van der Waals surface area contributed by atoms with Crippen LogP contribution >= 0.6 is 11.6 Å². The molecule has 1 unspecified atom stereocenters. The fraction of sp³-hybridized carbons (Fsp3) is 0.333. The van der Waals surface area contributed by atoms with Crippen LogP contribution in [0.1, 0.15) is 11.6 Å². The zero-order valence-corrected chi connectivity index (χ0v) is 11.5. The number of likely N-dealkylation sites (N-methyl/N-ethyl adjacent to an activating group) is 1. The molecule has 19 heavy (non-hydrogen) atoms. The summed E-state index contributed by atoms with van der Waals surface area (Å²) in [4.78, 5) is 20.3. The van der Waals surface area contributed by atoms with Gasteiger partial charge < -0.3 is 20.8 Å². The molecule has 1 atom stereocenters. The van der Waals surface area contributed by atoms with Crippen LogP contribution in [0.2, 0.25) is 5.02 Å². The van der Waals surface area contributed by atoms with Crippen LogP contribution in [-0.4, -0.2) is 47.7 Å². The topological polar surface area (TPSA) is 104 Å². The van der Waals surface area contributed by atoms with E-state index in [-0.39, 0.29) is 6.04 Å². The van der Waals surface area contributed by atoms with Gasteiger partial charge in [0.15, 0.2) is 0 Å².